The van der Waals surface area contributed by atoms with Crippen LogP contribution in [0.5, 0.6) is 0 Å². The fraction of sp³-hybridized carbons (Fsp3) is 0.800. The third kappa shape index (κ3) is 3.94. The van der Waals surface area contributed by atoms with E-state index in [9.17, 15) is 13.2 Å². The van der Waals surface area contributed by atoms with Crippen molar-refractivity contribution in [3.8, 4) is 0 Å². The fourth-order valence-electron chi connectivity index (χ4n) is 0.572. The van der Waals surface area contributed by atoms with Crippen LogP contribution in [0.4, 0.5) is 0 Å². The second kappa shape index (κ2) is 2.78. The van der Waals surface area contributed by atoms with E-state index < -0.39 is 27.2 Å². The Kier molecular flexibility index (Phi) is 2.63. The van der Waals surface area contributed by atoms with Crippen LogP contribution in [-0.2, 0) is 14.6 Å². The fourth-order valence-corrected chi connectivity index (χ4v) is 1.72. The minimum Gasteiger partial charge on any atom is -0.479 e. The minimum absolute atomic E-state index is 0.769. The van der Waals surface area contributed by atoms with E-state index in [4.69, 9.17) is 10.2 Å². The number of rotatable bonds is 3. The molecule has 0 bridgehead atoms. The monoisotopic (exact) mass is 182 g/mol. The van der Waals surface area contributed by atoms with Crippen LogP contribution in [0.2, 0.25) is 0 Å². The predicted molar refractivity (Wildman–Crippen MR) is 38.0 cm³/mol. The Morgan fingerprint density at radius 3 is 2.00 bits per heavy atom. The molecule has 0 aliphatic carbocycles. The van der Waals surface area contributed by atoms with Crippen molar-refractivity contribution in [3.63, 3.8) is 0 Å². The van der Waals surface area contributed by atoms with Gasteiger partial charge >= 0.3 is 5.97 Å². The molecule has 5 nitrogen and oxygen atoms in total. The zero-order valence-corrected chi connectivity index (χ0v) is 7.05. The summed E-state index contributed by atoms with van der Waals surface area (Å²) in [5.41, 5.74) is -2.19. The highest BCUT2D eigenvalue weighted by molar-refractivity contribution is 7.90. The van der Waals surface area contributed by atoms with Crippen molar-refractivity contribution in [2.45, 2.75) is 12.5 Å². The number of sulfone groups is 1. The molecule has 0 fully saturated rings. The van der Waals surface area contributed by atoms with Crippen molar-refractivity contribution in [2.24, 2.45) is 0 Å². The van der Waals surface area contributed by atoms with Crippen LogP contribution in [0, 0.1) is 0 Å². The van der Waals surface area contributed by atoms with Gasteiger partial charge in [-0.25, -0.2) is 13.2 Å². The third-order valence-electron chi connectivity index (χ3n) is 1.00. The first-order valence-corrected chi connectivity index (χ1v) is 4.85. The van der Waals surface area contributed by atoms with Crippen LogP contribution in [0.3, 0.4) is 0 Å². The van der Waals surface area contributed by atoms with Gasteiger partial charge in [0.25, 0.3) is 0 Å². The molecular formula is C5H10O5S. The number of aliphatic carboxylic acids is 1. The Morgan fingerprint density at radius 1 is 1.55 bits per heavy atom. The summed E-state index contributed by atoms with van der Waals surface area (Å²) in [5.74, 6) is -2.31. The van der Waals surface area contributed by atoms with Crippen LogP contribution in [-0.4, -0.2) is 42.2 Å². The van der Waals surface area contributed by atoms with Gasteiger partial charge in [0.15, 0.2) is 15.4 Å². The molecular weight excluding hydrogens is 172 g/mol. The van der Waals surface area contributed by atoms with Crippen molar-refractivity contribution in [1.29, 1.82) is 0 Å². The molecule has 0 saturated heterocycles. The summed E-state index contributed by atoms with van der Waals surface area (Å²) >= 11 is 0. The maximum absolute atomic E-state index is 10.5. The number of aliphatic hydroxyl groups is 1. The van der Waals surface area contributed by atoms with E-state index in [1.807, 2.05) is 0 Å². The number of carboxylic acid groups (broad SMARTS) is 1. The lowest BCUT2D eigenvalue weighted by atomic mass is 10.1. The molecule has 1 atom stereocenters. The van der Waals surface area contributed by atoms with Gasteiger partial charge in [0.1, 0.15) is 0 Å². The molecule has 0 spiro atoms. The van der Waals surface area contributed by atoms with Crippen LogP contribution in [0.25, 0.3) is 0 Å². The summed E-state index contributed by atoms with van der Waals surface area (Å²) in [5, 5.41) is 17.2. The third-order valence-corrected chi connectivity index (χ3v) is 2.09. The van der Waals surface area contributed by atoms with Gasteiger partial charge in [-0.1, -0.05) is 0 Å². The molecule has 0 rings (SSSR count). The smallest absolute Gasteiger partial charge is 0.336 e. The first kappa shape index (κ1) is 10.4. The Morgan fingerprint density at radius 2 is 1.91 bits per heavy atom. The normalized spacial score (nSPS) is 17.4. The van der Waals surface area contributed by atoms with E-state index in [0.717, 1.165) is 13.2 Å². The molecule has 11 heavy (non-hydrogen) atoms. The van der Waals surface area contributed by atoms with E-state index in [1.165, 1.54) is 0 Å². The number of hydrogen-bond donors (Lipinski definition) is 2. The molecule has 0 heterocycles. The topological polar surface area (TPSA) is 91.7 Å². The summed E-state index contributed by atoms with van der Waals surface area (Å²) in [7, 11) is -3.46. The maximum atomic E-state index is 10.5. The maximum Gasteiger partial charge on any atom is 0.336 e. The van der Waals surface area contributed by atoms with E-state index >= 15 is 0 Å². The summed E-state index contributed by atoms with van der Waals surface area (Å²) in [6.07, 6.45) is 0.865. The second-order valence-corrected chi connectivity index (χ2v) is 4.79. The van der Waals surface area contributed by atoms with Gasteiger partial charge in [-0.15, -0.1) is 0 Å². The average Bonchev–Trinajstić information content (AvgIpc) is 1.56. The summed E-state index contributed by atoms with van der Waals surface area (Å²) in [4.78, 5) is 10.2. The largest absolute Gasteiger partial charge is 0.479 e. The van der Waals surface area contributed by atoms with Gasteiger partial charge in [-0.05, 0) is 6.92 Å². The van der Waals surface area contributed by atoms with Crippen molar-refractivity contribution in [2.75, 3.05) is 12.0 Å². The Balaban J connectivity index is 4.51. The van der Waals surface area contributed by atoms with Crippen LogP contribution >= 0.6 is 0 Å². The molecule has 66 valence electrons. The van der Waals surface area contributed by atoms with Gasteiger partial charge in [-0.2, -0.15) is 0 Å². The number of carbonyl (C=O) groups is 1. The van der Waals surface area contributed by atoms with Gasteiger partial charge in [0.2, 0.25) is 0 Å². The first-order chi connectivity index (χ1) is 4.65. The lowest BCUT2D eigenvalue weighted by molar-refractivity contribution is -0.154. The zero-order chi connectivity index (χ0) is 9.28. The standard InChI is InChI=1S/C5H10O5S/c1-5(8,4(6)7)3-11(2,9)10/h8H,3H2,1-2H3,(H,6,7)/t5-/m1/s1. The minimum atomic E-state index is -3.46. The summed E-state index contributed by atoms with van der Waals surface area (Å²) in [6, 6.07) is 0. The first-order valence-electron chi connectivity index (χ1n) is 2.79. The van der Waals surface area contributed by atoms with Crippen molar-refractivity contribution in [3.05, 3.63) is 0 Å². The molecule has 0 radical (unpaired) electrons. The van der Waals surface area contributed by atoms with E-state index in [0.29, 0.717) is 0 Å². The lowest BCUT2D eigenvalue weighted by Crippen LogP contribution is -2.41. The Bertz CT molecular complexity index is 250. The van der Waals surface area contributed by atoms with Gasteiger partial charge in [0, 0.05) is 6.26 Å². The molecule has 0 aromatic heterocycles. The van der Waals surface area contributed by atoms with Crippen molar-refractivity contribution in [1.82, 2.24) is 0 Å². The quantitative estimate of drug-likeness (QED) is 0.576. The molecule has 0 unspecified atom stereocenters. The van der Waals surface area contributed by atoms with E-state index in [2.05, 4.69) is 0 Å². The molecule has 0 aromatic rings. The average molecular weight is 182 g/mol. The highest BCUT2D eigenvalue weighted by atomic mass is 32.2. The second-order valence-electron chi connectivity index (χ2n) is 2.65. The number of hydrogen-bond acceptors (Lipinski definition) is 4. The van der Waals surface area contributed by atoms with Gasteiger partial charge in [-0.3, -0.25) is 0 Å². The summed E-state index contributed by atoms with van der Waals surface area (Å²) < 4.78 is 21.1. The molecule has 0 aliphatic rings. The van der Waals surface area contributed by atoms with E-state index in [-0.39, 0.29) is 0 Å². The highest BCUT2D eigenvalue weighted by Gasteiger charge is 2.33. The summed E-state index contributed by atoms with van der Waals surface area (Å²) in [6.45, 7) is 0.941. The van der Waals surface area contributed by atoms with Crippen LogP contribution in [0.1, 0.15) is 6.92 Å². The van der Waals surface area contributed by atoms with Crippen molar-refractivity contribution >= 4 is 15.8 Å². The predicted octanol–water partition coefficient (Wildman–Crippen LogP) is -1.13. The molecule has 0 amide bonds. The zero-order valence-electron chi connectivity index (χ0n) is 6.23. The van der Waals surface area contributed by atoms with Gasteiger partial charge in [0.05, 0.1) is 5.75 Å². The lowest BCUT2D eigenvalue weighted by Gasteiger charge is -2.15. The Labute approximate surface area is 64.6 Å². The van der Waals surface area contributed by atoms with Gasteiger partial charge < -0.3 is 10.2 Å². The number of carboxylic acids is 1. The van der Waals surface area contributed by atoms with Crippen LogP contribution in [0.15, 0.2) is 0 Å². The molecule has 0 aliphatic heterocycles. The highest BCUT2D eigenvalue weighted by Crippen LogP contribution is 2.06. The van der Waals surface area contributed by atoms with Crippen LogP contribution < -0.4 is 0 Å². The SMILES string of the molecule is C[C@@](O)(CS(C)(=O)=O)C(=O)O. The molecule has 2 N–H and O–H groups in total. The molecule has 0 aromatic carbocycles. The van der Waals surface area contributed by atoms with Crippen molar-refractivity contribution < 1.29 is 23.4 Å². The molecule has 0 saturated carbocycles. The Hall–Kier alpha value is -0.620. The molecule has 6 heteroatoms. The van der Waals surface area contributed by atoms with E-state index in [1.54, 1.807) is 0 Å².